The van der Waals surface area contributed by atoms with Crippen molar-refractivity contribution >= 4 is 29.0 Å². The molecule has 18 heavy (non-hydrogen) atoms. The van der Waals surface area contributed by atoms with E-state index in [1.807, 2.05) is 23.7 Å². The van der Waals surface area contributed by atoms with Gasteiger partial charge in [0.25, 0.3) is 5.91 Å². The summed E-state index contributed by atoms with van der Waals surface area (Å²) >= 11 is 3.68. The molecule has 3 nitrogen and oxygen atoms in total. The molecule has 98 valence electrons. The Morgan fingerprint density at radius 1 is 1.56 bits per heavy atom. The molecule has 1 aromatic rings. The van der Waals surface area contributed by atoms with E-state index >= 15 is 0 Å². The molecule has 1 aromatic heterocycles. The van der Waals surface area contributed by atoms with Crippen LogP contribution in [0.3, 0.4) is 0 Å². The van der Waals surface area contributed by atoms with E-state index in [0.717, 1.165) is 36.6 Å². The molecule has 0 radical (unpaired) electrons. The van der Waals surface area contributed by atoms with Gasteiger partial charge in [-0.15, -0.1) is 11.3 Å². The van der Waals surface area contributed by atoms with Gasteiger partial charge in [-0.25, -0.2) is 0 Å². The van der Waals surface area contributed by atoms with Gasteiger partial charge in [0.2, 0.25) is 0 Å². The molecule has 0 aliphatic carbocycles. The maximum Gasteiger partial charge on any atom is 0.263 e. The molecule has 1 N–H and O–H groups in total. The summed E-state index contributed by atoms with van der Waals surface area (Å²) < 4.78 is 0. The fourth-order valence-corrected chi connectivity index (χ4v) is 4.93. The summed E-state index contributed by atoms with van der Waals surface area (Å²) in [5.74, 6) is 2.52. The van der Waals surface area contributed by atoms with E-state index in [1.165, 1.54) is 16.2 Å². The third kappa shape index (κ3) is 2.31. The molecule has 0 spiro atoms. The Balaban J connectivity index is 1.74. The zero-order valence-electron chi connectivity index (χ0n) is 10.6. The summed E-state index contributed by atoms with van der Waals surface area (Å²) in [6.45, 7) is 1.74. The lowest BCUT2D eigenvalue weighted by atomic mass is 10.2. The molecule has 3 rings (SSSR count). The summed E-state index contributed by atoms with van der Waals surface area (Å²) in [7, 11) is 1.97. The number of carbonyl (C=O) groups is 1. The smallest absolute Gasteiger partial charge is 0.263 e. The molecule has 1 fully saturated rings. The first-order valence-corrected chi connectivity index (χ1v) is 8.41. The molecule has 0 bridgehead atoms. The van der Waals surface area contributed by atoms with Gasteiger partial charge < -0.3 is 10.2 Å². The minimum absolute atomic E-state index is 0.233. The van der Waals surface area contributed by atoms with Crippen LogP contribution in [0.2, 0.25) is 0 Å². The van der Waals surface area contributed by atoms with Crippen LogP contribution in [-0.2, 0) is 12.2 Å². The SMILES string of the molecule is CNC1CCN(C(=O)c2cc3c(s2)CCSC3)C1. The van der Waals surface area contributed by atoms with Crippen molar-refractivity contribution in [3.05, 3.63) is 21.4 Å². The monoisotopic (exact) mass is 282 g/mol. The Labute approximate surface area is 116 Å². The molecule has 0 aromatic carbocycles. The average Bonchev–Trinajstić information content (AvgIpc) is 3.04. The van der Waals surface area contributed by atoms with Gasteiger partial charge in [0.15, 0.2) is 0 Å². The number of thiophene rings is 1. The van der Waals surface area contributed by atoms with E-state index in [-0.39, 0.29) is 5.91 Å². The second kappa shape index (κ2) is 5.23. The lowest BCUT2D eigenvalue weighted by Gasteiger charge is -2.15. The van der Waals surface area contributed by atoms with E-state index < -0.39 is 0 Å². The van der Waals surface area contributed by atoms with Crippen LogP contribution >= 0.6 is 23.1 Å². The Hall–Kier alpha value is -0.520. The molecular weight excluding hydrogens is 264 g/mol. The van der Waals surface area contributed by atoms with E-state index in [1.54, 1.807) is 11.3 Å². The zero-order valence-corrected chi connectivity index (χ0v) is 12.2. The van der Waals surface area contributed by atoms with Crippen molar-refractivity contribution in [1.82, 2.24) is 10.2 Å². The number of likely N-dealkylation sites (tertiary alicyclic amines) is 1. The summed E-state index contributed by atoms with van der Waals surface area (Å²) in [5, 5.41) is 3.26. The molecule has 2 aliphatic heterocycles. The van der Waals surface area contributed by atoms with Gasteiger partial charge in [-0.1, -0.05) is 0 Å². The maximum absolute atomic E-state index is 12.4. The predicted octanol–water partition coefficient (Wildman–Crippen LogP) is 1.97. The highest BCUT2D eigenvalue weighted by atomic mass is 32.2. The lowest BCUT2D eigenvalue weighted by molar-refractivity contribution is 0.0794. The van der Waals surface area contributed by atoms with Gasteiger partial charge in [-0.05, 0) is 37.3 Å². The van der Waals surface area contributed by atoms with Crippen LogP contribution in [0.4, 0.5) is 0 Å². The van der Waals surface area contributed by atoms with Gasteiger partial charge in [-0.2, -0.15) is 11.8 Å². The summed E-state index contributed by atoms with van der Waals surface area (Å²) in [5.41, 5.74) is 1.39. The van der Waals surface area contributed by atoms with Crippen molar-refractivity contribution < 1.29 is 4.79 Å². The highest BCUT2D eigenvalue weighted by molar-refractivity contribution is 7.98. The van der Waals surface area contributed by atoms with Crippen LogP contribution in [-0.4, -0.2) is 42.7 Å². The molecule has 3 heterocycles. The van der Waals surface area contributed by atoms with E-state index in [2.05, 4.69) is 11.4 Å². The number of aryl methyl sites for hydroxylation is 1. The minimum Gasteiger partial charge on any atom is -0.336 e. The Morgan fingerprint density at radius 3 is 3.17 bits per heavy atom. The van der Waals surface area contributed by atoms with E-state index in [9.17, 15) is 4.79 Å². The number of fused-ring (bicyclic) bond motifs is 1. The van der Waals surface area contributed by atoms with Crippen LogP contribution in [0.5, 0.6) is 0 Å². The topological polar surface area (TPSA) is 32.3 Å². The molecule has 5 heteroatoms. The molecule has 1 atom stereocenters. The van der Waals surface area contributed by atoms with Crippen LogP contribution in [0.1, 0.15) is 26.5 Å². The Bertz CT molecular complexity index is 434. The second-order valence-electron chi connectivity index (χ2n) is 4.89. The van der Waals surface area contributed by atoms with Crippen LogP contribution in [0.15, 0.2) is 6.07 Å². The van der Waals surface area contributed by atoms with E-state index in [0.29, 0.717) is 6.04 Å². The molecule has 1 unspecified atom stereocenters. The quantitative estimate of drug-likeness (QED) is 0.900. The summed E-state index contributed by atoms with van der Waals surface area (Å²) in [4.78, 5) is 16.8. The number of rotatable bonds is 2. The van der Waals surface area contributed by atoms with Crippen LogP contribution in [0.25, 0.3) is 0 Å². The largest absolute Gasteiger partial charge is 0.336 e. The molecular formula is C13H18N2OS2. The summed E-state index contributed by atoms with van der Waals surface area (Å²) in [6, 6.07) is 2.60. The van der Waals surface area contributed by atoms with Crippen molar-refractivity contribution in [2.75, 3.05) is 25.9 Å². The molecule has 1 amide bonds. The normalized spacial score (nSPS) is 23.2. The fraction of sp³-hybridized carbons (Fsp3) is 0.615. The van der Waals surface area contributed by atoms with Gasteiger partial charge in [0.1, 0.15) is 0 Å². The third-order valence-corrected chi connectivity index (χ3v) is 5.96. The van der Waals surface area contributed by atoms with Gasteiger partial charge in [0, 0.05) is 29.8 Å². The fourth-order valence-electron chi connectivity index (χ4n) is 2.59. The Kier molecular flexibility index (Phi) is 3.63. The number of thioether (sulfide) groups is 1. The lowest BCUT2D eigenvalue weighted by Crippen LogP contribution is -2.33. The maximum atomic E-state index is 12.4. The van der Waals surface area contributed by atoms with Crippen LogP contribution in [0, 0.1) is 0 Å². The third-order valence-electron chi connectivity index (χ3n) is 3.72. The van der Waals surface area contributed by atoms with Gasteiger partial charge >= 0.3 is 0 Å². The predicted molar refractivity (Wildman–Crippen MR) is 77.6 cm³/mol. The first-order chi connectivity index (χ1) is 8.78. The first kappa shape index (κ1) is 12.5. The van der Waals surface area contributed by atoms with Gasteiger partial charge in [0.05, 0.1) is 4.88 Å². The Morgan fingerprint density at radius 2 is 2.44 bits per heavy atom. The number of amides is 1. The summed E-state index contributed by atoms with van der Waals surface area (Å²) in [6.07, 6.45) is 2.21. The van der Waals surface area contributed by atoms with Crippen molar-refractivity contribution in [3.63, 3.8) is 0 Å². The van der Waals surface area contributed by atoms with Gasteiger partial charge in [-0.3, -0.25) is 4.79 Å². The average molecular weight is 282 g/mol. The highest BCUT2D eigenvalue weighted by Gasteiger charge is 2.27. The number of nitrogens with zero attached hydrogens (tertiary/aromatic N) is 1. The number of likely N-dealkylation sites (N-methyl/N-ethyl adjacent to an activating group) is 1. The van der Waals surface area contributed by atoms with Crippen LogP contribution < -0.4 is 5.32 Å². The zero-order chi connectivity index (χ0) is 12.5. The highest BCUT2D eigenvalue weighted by Crippen LogP contribution is 2.32. The minimum atomic E-state index is 0.233. The molecule has 0 saturated carbocycles. The van der Waals surface area contributed by atoms with Crippen molar-refractivity contribution in [2.24, 2.45) is 0 Å². The molecule has 2 aliphatic rings. The van der Waals surface area contributed by atoms with Crippen molar-refractivity contribution in [1.29, 1.82) is 0 Å². The van der Waals surface area contributed by atoms with E-state index in [4.69, 9.17) is 0 Å². The van der Waals surface area contributed by atoms with Crippen molar-refractivity contribution in [2.45, 2.75) is 24.6 Å². The number of hydrogen-bond donors (Lipinski definition) is 1. The second-order valence-corrected chi connectivity index (χ2v) is 7.13. The first-order valence-electron chi connectivity index (χ1n) is 6.44. The standard InChI is InChI=1S/C13H18N2OS2/c1-14-10-2-4-15(7-10)13(16)12-6-9-8-17-5-3-11(9)18-12/h6,10,14H,2-5,7-8H2,1H3. The number of hydrogen-bond acceptors (Lipinski definition) is 4. The number of carbonyl (C=O) groups excluding carboxylic acids is 1. The molecule has 1 saturated heterocycles. The number of nitrogens with one attached hydrogen (secondary N) is 1. The van der Waals surface area contributed by atoms with Crippen molar-refractivity contribution in [3.8, 4) is 0 Å².